The molecule has 0 aliphatic heterocycles. The van der Waals surface area contributed by atoms with E-state index in [1.54, 1.807) is 0 Å². The van der Waals surface area contributed by atoms with Crippen LogP contribution in [0.4, 0.5) is 0 Å². The normalized spacial score (nSPS) is 12.1. The molecule has 0 saturated heterocycles. The Hall–Kier alpha value is -0.520. The molecule has 0 unspecified atom stereocenters. The summed E-state index contributed by atoms with van der Waals surface area (Å²) < 4.78 is 0.989. The molecular formula is C8H5BrClN. The van der Waals surface area contributed by atoms with Crippen LogP contribution in [0.15, 0.2) is 28.7 Å². The molecule has 0 radical (unpaired) electrons. The molecule has 1 aromatic carbocycles. The van der Waals surface area contributed by atoms with Gasteiger partial charge >= 0.3 is 0 Å². The Balaban J connectivity index is 2.92. The van der Waals surface area contributed by atoms with Crippen molar-refractivity contribution in [2.45, 2.75) is 5.38 Å². The molecule has 56 valence electrons. The fourth-order valence-corrected chi connectivity index (χ4v) is 1.12. The van der Waals surface area contributed by atoms with Crippen molar-refractivity contribution in [3.63, 3.8) is 0 Å². The van der Waals surface area contributed by atoms with Crippen LogP contribution in [0.5, 0.6) is 0 Å². The lowest BCUT2D eigenvalue weighted by Crippen LogP contribution is -1.84. The lowest BCUT2D eigenvalue weighted by Gasteiger charge is -1.98. The van der Waals surface area contributed by atoms with Crippen molar-refractivity contribution >= 4 is 27.5 Å². The first-order valence-corrected chi connectivity index (χ1v) is 4.26. The molecular weight excluding hydrogens is 225 g/mol. The van der Waals surface area contributed by atoms with Gasteiger partial charge in [0, 0.05) is 4.47 Å². The summed E-state index contributed by atoms with van der Waals surface area (Å²) >= 11 is 8.96. The first-order valence-electron chi connectivity index (χ1n) is 3.03. The van der Waals surface area contributed by atoms with E-state index < -0.39 is 5.38 Å². The lowest BCUT2D eigenvalue weighted by molar-refractivity contribution is 1.21. The van der Waals surface area contributed by atoms with E-state index in [1.807, 2.05) is 30.3 Å². The Labute approximate surface area is 78.7 Å². The highest BCUT2D eigenvalue weighted by atomic mass is 79.9. The fourth-order valence-electron chi connectivity index (χ4n) is 0.706. The number of nitrogens with zero attached hydrogens (tertiary/aromatic N) is 1. The summed E-state index contributed by atoms with van der Waals surface area (Å²) in [6, 6.07) is 9.33. The molecule has 1 atom stereocenters. The zero-order valence-corrected chi connectivity index (χ0v) is 7.93. The van der Waals surface area contributed by atoms with Gasteiger partial charge in [0.1, 0.15) is 5.38 Å². The summed E-state index contributed by atoms with van der Waals surface area (Å²) in [6.07, 6.45) is 0. The summed E-state index contributed by atoms with van der Waals surface area (Å²) in [7, 11) is 0. The molecule has 0 heterocycles. The molecule has 0 amide bonds. The predicted molar refractivity (Wildman–Crippen MR) is 48.3 cm³/mol. The van der Waals surface area contributed by atoms with Gasteiger partial charge in [-0.3, -0.25) is 0 Å². The minimum Gasteiger partial charge on any atom is -0.196 e. The van der Waals surface area contributed by atoms with Gasteiger partial charge in [0.25, 0.3) is 0 Å². The van der Waals surface area contributed by atoms with Gasteiger partial charge in [0.05, 0.1) is 6.07 Å². The van der Waals surface area contributed by atoms with E-state index in [-0.39, 0.29) is 0 Å². The quantitative estimate of drug-likeness (QED) is 0.680. The predicted octanol–water partition coefficient (Wildman–Crippen LogP) is 3.25. The third-order valence-corrected chi connectivity index (χ3v) is 2.15. The Kier molecular flexibility index (Phi) is 2.92. The molecule has 1 rings (SSSR count). The van der Waals surface area contributed by atoms with Crippen molar-refractivity contribution in [1.29, 1.82) is 5.26 Å². The van der Waals surface area contributed by atoms with E-state index in [0.717, 1.165) is 10.0 Å². The van der Waals surface area contributed by atoms with E-state index in [1.165, 1.54) is 0 Å². The number of hydrogen-bond acceptors (Lipinski definition) is 1. The monoisotopic (exact) mass is 229 g/mol. The van der Waals surface area contributed by atoms with Crippen LogP contribution in [0.2, 0.25) is 0 Å². The molecule has 0 aliphatic rings. The molecule has 0 bridgehead atoms. The van der Waals surface area contributed by atoms with Gasteiger partial charge in [0.15, 0.2) is 0 Å². The summed E-state index contributed by atoms with van der Waals surface area (Å²) in [6.45, 7) is 0. The van der Waals surface area contributed by atoms with Crippen LogP contribution in [0.3, 0.4) is 0 Å². The zero-order valence-electron chi connectivity index (χ0n) is 5.59. The van der Waals surface area contributed by atoms with Gasteiger partial charge in [0.2, 0.25) is 0 Å². The van der Waals surface area contributed by atoms with Crippen LogP contribution in [0.1, 0.15) is 10.9 Å². The number of alkyl halides is 1. The fraction of sp³-hybridized carbons (Fsp3) is 0.125. The number of halogens is 2. The number of nitriles is 1. The van der Waals surface area contributed by atoms with Gasteiger partial charge in [-0.15, -0.1) is 11.6 Å². The van der Waals surface area contributed by atoms with Crippen molar-refractivity contribution < 1.29 is 0 Å². The molecule has 11 heavy (non-hydrogen) atoms. The molecule has 1 aromatic rings. The summed E-state index contributed by atoms with van der Waals surface area (Å²) in [5, 5.41) is 7.93. The third-order valence-electron chi connectivity index (χ3n) is 1.28. The van der Waals surface area contributed by atoms with E-state index in [9.17, 15) is 0 Å². The maximum absolute atomic E-state index is 8.46. The number of hydrogen-bond donors (Lipinski definition) is 0. The van der Waals surface area contributed by atoms with E-state index >= 15 is 0 Å². The minimum absolute atomic E-state index is 0.539. The molecule has 0 spiro atoms. The van der Waals surface area contributed by atoms with Crippen molar-refractivity contribution in [3.8, 4) is 6.07 Å². The van der Waals surface area contributed by atoms with Crippen LogP contribution >= 0.6 is 27.5 Å². The second kappa shape index (κ2) is 3.75. The molecule has 0 N–H and O–H groups in total. The Morgan fingerprint density at radius 1 is 1.36 bits per heavy atom. The van der Waals surface area contributed by atoms with E-state index in [4.69, 9.17) is 16.9 Å². The lowest BCUT2D eigenvalue weighted by atomic mass is 10.2. The average Bonchev–Trinajstić information content (AvgIpc) is 2.05. The van der Waals surface area contributed by atoms with E-state index in [0.29, 0.717) is 0 Å². The van der Waals surface area contributed by atoms with E-state index in [2.05, 4.69) is 15.9 Å². The number of rotatable bonds is 1. The van der Waals surface area contributed by atoms with Gasteiger partial charge in [-0.1, -0.05) is 28.1 Å². The van der Waals surface area contributed by atoms with Crippen molar-refractivity contribution in [3.05, 3.63) is 34.3 Å². The SMILES string of the molecule is N#C[C@@H](Cl)c1ccc(Br)cc1. The molecule has 1 nitrogen and oxygen atoms in total. The summed E-state index contributed by atoms with van der Waals surface area (Å²) in [4.78, 5) is 0. The van der Waals surface area contributed by atoms with Crippen LogP contribution < -0.4 is 0 Å². The highest BCUT2D eigenvalue weighted by Gasteiger charge is 2.03. The van der Waals surface area contributed by atoms with Gasteiger partial charge < -0.3 is 0 Å². The summed E-state index contributed by atoms with van der Waals surface area (Å²) in [5.41, 5.74) is 0.831. The molecule has 0 aliphatic carbocycles. The first-order chi connectivity index (χ1) is 5.24. The van der Waals surface area contributed by atoms with Crippen molar-refractivity contribution in [2.24, 2.45) is 0 Å². The first kappa shape index (κ1) is 8.58. The largest absolute Gasteiger partial charge is 0.196 e. The highest BCUT2D eigenvalue weighted by molar-refractivity contribution is 9.10. The zero-order chi connectivity index (χ0) is 8.27. The Morgan fingerprint density at radius 3 is 2.36 bits per heavy atom. The van der Waals surface area contributed by atoms with Crippen LogP contribution in [-0.2, 0) is 0 Å². The molecule has 0 aromatic heterocycles. The maximum Gasteiger partial charge on any atom is 0.145 e. The number of benzene rings is 1. The van der Waals surface area contributed by atoms with Crippen LogP contribution in [-0.4, -0.2) is 0 Å². The smallest absolute Gasteiger partial charge is 0.145 e. The Bertz CT molecular complexity index is 275. The second-order valence-electron chi connectivity index (χ2n) is 2.04. The highest BCUT2D eigenvalue weighted by Crippen LogP contribution is 2.20. The van der Waals surface area contributed by atoms with Crippen LogP contribution in [0, 0.1) is 11.3 Å². The minimum atomic E-state index is -0.539. The standard InChI is InChI=1S/C8H5BrClN/c9-7-3-1-6(2-4-7)8(10)5-11/h1-4,8H/t8-/m1/s1. The molecule has 3 heteroatoms. The van der Waals surface area contributed by atoms with Gasteiger partial charge in [-0.05, 0) is 17.7 Å². The molecule has 0 saturated carbocycles. The maximum atomic E-state index is 8.46. The topological polar surface area (TPSA) is 23.8 Å². The van der Waals surface area contributed by atoms with Crippen LogP contribution in [0.25, 0.3) is 0 Å². The average molecular weight is 230 g/mol. The van der Waals surface area contributed by atoms with Crippen molar-refractivity contribution in [1.82, 2.24) is 0 Å². The Morgan fingerprint density at radius 2 is 1.91 bits per heavy atom. The van der Waals surface area contributed by atoms with Crippen molar-refractivity contribution in [2.75, 3.05) is 0 Å². The summed E-state index contributed by atoms with van der Waals surface area (Å²) in [5.74, 6) is 0. The second-order valence-corrected chi connectivity index (χ2v) is 3.40. The third kappa shape index (κ3) is 2.21. The van der Waals surface area contributed by atoms with Gasteiger partial charge in [-0.25, -0.2) is 0 Å². The molecule has 0 fully saturated rings. The van der Waals surface area contributed by atoms with Gasteiger partial charge in [-0.2, -0.15) is 5.26 Å².